The zero-order valence-electron chi connectivity index (χ0n) is 10.5. The zero-order chi connectivity index (χ0) is 14.8. The van der Waals surface area contributed by atoms with Gasteiger partial charge in [0.2, 0.25) is 10.0 Å². The summed E-state index contributed by atoms with van der Waals surface area (Å²) in [4.78, 5) is 9.96. The monoisotopic (exact) mass is 339 g/mol. The fraction of sp³-hybridized carbons (Fsp3) is 0.600. The van der Waals surface area contributed by atoms with Crippen molar-refractivity contribution in [1.29, 1.82) is 0 Å². The van der Waals surface area contributed by atoms with E-state index in [0.717, 1.165) is 32.0 Å². The number of hydrogen-bond donors (Lipinski definition) is 2. The first-order chi connectivity index (χ1) is 9.40. The Morgan fingerprint density at radius 1 is 1.60 bits per heavy atom. The summed E-state index contributed by atoms with van der Waals surface area (Å²) in [5, 5.41) is 13.9. The minimum atomic E-state index is -3.73. The van der Waals surface area contributed by atoms with Gasteiger partial charge >= 0.3 is 0 Å². The quantitative estimate of drug-likeness (QED) is 0.605. The van der Waals surface area contributed by atoms with Crippen LogP contribution < -0.4 is 10.0 Å². The lowest BCUT2D eigenvalue weighted by molar-refractivity contribution is -0.384. The highest BCUT2D eigenvalue weighted by atomic mass is 35.5. The first-order valence-electron chi connectivity index (χ1n) is 6.04. The molecule has 0 amide bonds. The first-order valence-corrected chi connectivity index (χ1v) is 8.72. The van der Waals surface area contributed by atoms with E-state index >= 15 is 0 Å². The van der Waals surface area contributed by atoms with Crippen molar-refractivity contribution in [3.63, 3.8) is 0 Å². The number of nitro groups is 1. The van der Waals surface area contributed by atoms with Gasteiger partial charge < -0.3 is 5.32 Å². The van der Waals surface area contributed by atoms with Crippen LogP contribution in [0.4, 0.5) is 5.69 Å². The molecule has 1 saturated heterocycles. The molecule has 1 aromatic rings. The minimum absolute atomic E-state index is 0.126. The molecule has 0 aromatic carbocycles. The van der Waals surface area contributed by atoms with Crippen LogP contribution in [0.2, 0.25) is 4.34 Å². The van der Waals surface area contributed by atoms with E-state index in [0.29, 0.717) is 23.8 Å². The van der Waals surface area contributed by atoms with Crippen LogP contribution in [0.1, 0.15) is 12.8 Å². The van der Waals surface area contributed by atoms with Crippen molar-refractivity contribution in [1.82, 2.24) is 10.0 Å². The molecule has 1 aliphatic heterocycles. The molecule has 2 N–H and O–H groups in total. The number of thiophene rings is 1. The van der Waals surface area contributed by atoms with Gasteiger partial charge in [-0.25, -0.2) is 13.1 Å². The van der Waals surface area contributed by atoms with Crippen molar-refractivity contribution < 1.29 is 13.3 Å². The summed E-state index contributed by atoms with van der Waals surface area (Å²) in [6.07, 6.45) is 1.78. The molecular weight excluding hydrogens is 326 g/mol. The second kappa shape index (κ2) is 6.35. The molecule has 1 atom stereocenters. The average Bonchev–Trinajstić information content (AvgIpc) is 2.98. The first kappa shape index (κ1) is 15.6. The van der Waals surface area contributed by atoms with Gasteiger partial charge in [-0.15, -0.1) is 11.3 Å². The highest BCUT2D eigenvalue weighted by molar-refractivity contribution is 7.91. The van der Waals surface area contributed by atoms with Crippen molar-refractivity contribution in [3.8, 4) is 0 Å². The van der Waals surface area contributed by atoms with Gasteiger partial charge in [-0.2, -0.15) is 0 Å². The third kappa shape index (κ3) is 3.67. The Balaban J connectivity index is 1.98. The summed E-state index contributed by atoms with van der Waals surface area (Å²) in [6.45, 7) is 2.18. The Hall–Kier alpha value is -0.740. The van der Waals surface area contributed by atoms with Crippen LogP contribution in [0.5, 0.6) is 0 Å². The van der Waals surface area contributed by atoms with E-state index in [9.17, 15) is 18.5 Å². The smallest absolute Gasteiger partial charge is 0.300 e. The molecule has 0 bridgehead atoms. The molecule has 2 rings (SSSR count). The highest BCUT2D eigenvalue weighted by Crippen LogP contribution is 2.36. The molecule has 1 aromatic heterocycles. The van der Waals surface area contributed by atoms with Crippen molar-refractivity contribution in [3.05, 3.63) is 20.5 Å². The maximum absolute atomic E-state index is 12.0. The van der Waals surface area contributed by atoms with Crippen LogP contribution in [0, 0.1) is 16.0 Å². The van der Waals surface area contributed by atoms with E-state index < -0.39 is 14.9 Å². The van der Waals surface area contributed by atoms with Crippen molar-refractivity contribution in [2.24, 2.45) is 5.92 Å². The van der Waals surface area contributed by atoms with Crippen LogP contribution >= 0.6 is 22.9 Å². The molecule has 2 heterocycles. The van der Waals surface area contributed by atoms with Crippen molar-refractivity contribution in [2.75, 3.05) is 19.6 Å². The average molecular weight is 340 g/mol. The molecule has 0 radical (unpaired) electrons. The second-order valence-electron chi connectivity index (χ2n) is 4.53. The summed E-state index contributed by atoms with van der Waals surface area (Å²) < 4.78 is 26.2. The summed E-state index contributed by atoms with van der Waals surface area (Å²) in [5.41, 5.74) is -0.378. The van der Waals surface area contributed by atoms with Crippen LogP contribution in [0.3, 0.4) is 0 Å². The molecular formula is C10H14ClN3O4S2. The standard InChI is InChI=1S/C10H14ClN3O4S2/c11-10-8(14(15)16)5-9(19-10)20(17,18)13-4-2-7-1-3-12-6-7/h5,7,12-13H,1-4,6H2. The van der Waals surface area contributed by atoms with Crippen LogP contribution in [-0.2, 0) is 10.0 Å². The predicted octanol–water partition coefficient (Wildman–Crippen LogP) is 1.59. The largest absolute Gasteiger partial charge is 0.316 e. The van der Waals surface area contributed by atoms with Gasteiger partial charge in [0.15, 0.2) is 4.34 Å². The molecule has 1 fully saturated rings. The Bertz CT molecular complexity index is 596. The predicted molar refractivity (Wildman–Crippen MR) is 76.8 cm³/mol. The molecule has 20 heavy (non-hydrogen) atoms. The molecule has 0 aliphatic carbocycles. The summed E-state index contributed by atoms with van der Waals surface area (Å²) in [5.74, 6) is 0.471. The lowest BCUT2D eigenvalue weighted by Crippen LogP contribution is -2.26. The Morgan fingerprint density at radius 3 is 2.90 bits per heavy atom. The second-order valence-corrected chi connectivity index (χ2v) is 8.17. The lowest BCUT2D eigenvalue weighted by Gasteiger charge is -2.08. The van der Waals surface area contributed by atoms with Gasteiger partial charge in [0.1, 0.15) is 4.21 Å². The highest BCUT2D eigenvalue weighted by Gasteiger charge is 2.25. The number of halogens is 1. The van der Waals surface area contributed by atoms with Crippen molar-refractivity contribution >= 4 is 38.6 Å². The van der Waals surface area contributed by atoms with E-state index in [1.807, 2.05) is 0 Å². The van der Waals surface area contributed by atoms with Crippen molar-refractivity contribution in [2.45, 2.75) is 17.1 Å². The number of nitrogens with one attached hydrogen (secondary N) is 2. The van der Waals surface area contributed by atoms with Crippen LogP contribution in [0.25, 0.3) is 0 Å². The number of hydrogen-bond acceptors (Lipinski definition) is 6. The molecule has 0 spiro atoms. The Labute approximate surface area is 125 Å². The maximum atomic E-state index is 12.0. The van der Waals surface area contributed by atoms with Gasteiger partial charge in [-0.1, -0.05) is 11.6 Å². The Kier molecular flexibility index (Phi) is 4.97. The maximum Gasteiger partial charge on any atom is 0.300 e. The zero-order valence-corrected chi connectivity index (χ0v) is 12.9. The van der Waals surface area contributed by atoms with E-state index in [1.54, 1.807) is 0 Å². The normalized spacial score (nSPS) is 19.4. The summed E-state index contributed by atoms with van der Waals surface area (Å²) in [7, 11) is -3.73. The van der Waals surface area contributed by atoms with E-state index in [-0.39, 0.29) is 14.2 Å². The van der Waals surface area contributed by atoms with E-state index in [4.69, 9.17) is 11.6 Å². The van der Waals surface area contributed by atoms with Gasteiger partial charge in [0, 0.05) is 12.6 Å². The third-order valence-electron chi connectivity index (χ3n) is 3.11. The SMILES string of the molecule is O=[N+]([O-])c1cc(S(=O)(=O)NCCC2CCNC2)sc1Cl. The minimum Gasteiger partial charge on any atom is -0.316 e. The topological polar surface area (TPSA) is 101 Å². The van der Waals surface area contributed by atoms with Gasteiger partial charge in [0.05, 0.1) is 4.92 Å². The number of nitrogens with zero attached hydrogens (tertiary/aromatic N) is 1. The summed E-state index contributed by atoms with van der Waals surface area (Å²) in [6, 6.07) is 0.993. The van der Waals surface area contributed by atoms with Gasteiger partial charge in [-0.05, 0) is 31.8 Å². The molecule has 112 valence electrons. The molecule has 1 unspecified atom stereocenters. The number of rotatable bonds is 6. The molecule has 10 heteroatoms. The van der Waals surface area contributed by atoms with Crippen LogP contribution in [0.15, 0.2) is 10.3 Å². The third-order valence-corrected chi connectivity index (χ3v) is 6.39. The molecule has 1 aliphatic rings. The summed E-state index contributed by atoms with van der Waals surface area (Å²) >= 11 is 6.35. The fourth-order valence-corrected chi connectivity index (χ4v) is 4.78. The number of sulfonamides is 1. The molecule has 0 saturated carbocycles. The van der Waals surface area contributed by atoms with E-state index in [2.05, 4.69) is 10.0 Å². The lowest BCUT2D eigenvalue weighted by atomic mass is 10.1. The van der Waals surface area contributed by atoms with E-state index in [1.165, 1.54) is 0 Å². The Morgan fingerprint density at radius 2 is 2.35 bits per heavy atom. The molecule has 7 nitrogen and oxygen atoms in total. The fourth-order valence-electron chi connectivity index (χ4n) is 2.02. The van der Waals surface area contributed by atoms with Gasteiger partial charge in [-0.3, -0.25) is 10.1 Å². The van der Waals surface area contributed by atoms with Gasteiger partial charge in [0.25, 0.3) is 5.69 Å². The van der Waals surface area contributed by atoms with Crippen LogP contribution in [-0.4, -0.2) is 33.0 Å².